The number of carbonyl (C=O) groups excluding carboxylic acids is 2. The Morgan fingerprint density at radius 1 is 1.21 bits per heavy atom. The summed E-state index contributed by atoms with van der Waals surface area (Å²) >= 11 is 15.7. The van der Waals surface area contributed by atoms with E-state index in [-0.39, 0.29) is 28.5 Å². The summed E-state index contributed by atoms with van der Waals surface area (Å²) in [5.41, 5.74) is 9.43. The Hall–Kier alpha value is -2.43. The van der Waals surface area contributed by atoms with Crippen LogP contribution in [-0.4, -0.2) is 21.4 Å². The second-order valence-electron chi connectivity index (χ2n) is 5.86. The predicted octanol–water partition coefficient (Wildman–Crippen LogP) is 3.26. The van der Waals surface area contributed by atoms with Gasteiger partial charge in [0.2, 0.25) is 0 Å². The number of amides is 2. The van der Waals surface area contributed by atoms with Gasteiger partial charge in [0.05, 0.1) is 22.0 Å². The molecule has 150 valence electrons. The minimum absolute atomic E-state index is 0.0436. The smallest absolute Gasteiger partial charge is 0.272 e. The lowest BCUT2D eigenvalue weighted by Gasteiger charge is -2.16. The molecule has 11 heteroatoms. The number of anilines is 1. The van der Waals surface area contributed by atoms with Gasteiger partial charge in [0.1, 0.15) is 5.69 Å². The van der Waals surface area contributed by atoms with Crippen LogP contribution in [0.25, 0.3) is 5.69 Å². The minimum atomic E-state index is -0.619. The van der Waals surface area contributed by atoms with Crippen LogP contribution < -0.4 is 22.3 Å². The van der Waals surface area contributed by atoms with Gasteiger partial charge in [0, 0.05) is 34.6 Å². The van der Waals surface area contributed by atoms with Gasteiger partial charge in [-0.2, -0.15) is 0 Å². The number of aromatic nitrogens is 2. The van der Waals surface area contributed by atoms with E-state index in [9.17, 15) is 9.59 Å². The van der Waals surface area contributed by atoms with Gasteiger partial charge in [0.15, 0.2) is 0 Å². The highest BCUT2D eigenvalue weighted by molar-refractivity contribution is 9.10. The number of rotatable bonds is 5. The molecule has 2 amide bonds. The number of nitrogen functional groups attached to an aromatic ring is 1. The van der Waals surface area contributed by atoms with Crippen LogP contribution in [0.4, 0.5) is 5.69 Å². The van der Waals surface area contributed by atoms with E-state index in [2.05, 4.69) is 26.2 Å². The summed E-state index contributed by atoms with van der Waals surface area (Å²) in [4.78, 5) is 29.2. The number of nitrogens with one attached hydrogen (secondary N) is 2. The van der Waals surface area contributed by atoms with Crippen molar-refractivity contribution in [1.82, 2.24) is 15.0 Å². The van der Waals surface area contributed by atoms with Crippen LogP contribution in [0.2, 0.25) is 10.0 Å². The zero-order chi connectivity index (χ0) is 21.1. The molecule has 0 aliphatic carbocycles. The number of hydrogen-bond acceptors (Lipinski definition) is 5. The van der Waals surface area contributed by atoms with E-state index in [0.717, 1.165) is 0 Å². The van der Waals surface area contributed by atoms with Crippen LogP contribution in [0, 0.1) is 0 Å². The topological polar surface area (TPSA) is 128 Å². The van der Waals surface area contributed by atoms with Crippen molar-refractivity contribution in [1.29, 1.82) is 0 Å². The summed E-state index contributed by atoms with van der Waals surface area (Å²) in [6, 6.07) is 6.26. The van der Waals surface area contributed by atoms with Crippen LogP contribution in [0.1, 0.15) is 26.4 Å². The van der Waals surface area contributed by atoms with Gasteiger partial charge in [0.25, 0.3) is 11.8 Å². The van der Waals surface area contributed by atoms with Crippen molar-refractivity contribution in [3.63, 3.8) is 0 Å². The minimum Gasteiger partial charge on any atom is -0.326 e. The lowest BCUT2D eigenvalue weighted by atomic mass is 10.1. The standard InChI is InChI=1S/C18H15BrCl2N6O2/c19-10-4-15(27(8-10)14-1-2-24-7-13(14)21)18(29)25-16-9(6-22)3-11(20)5-12(16)17(28)26-23/h1-5,7-8H,6,22-23H2,(H,25,29)(H,26,28). The van der Waals surface area contributed by atoms with Crippen LogP contribution >= 0.6 is 39.1 Å². The molecule has 0 bridgehead atoms. The Labute approximate surface area is 184 Å². The Kier molecular flexibility index (Phi) is 6.56. The van der Waals surface area contributed by atoms with Gasteiger partial charge >= 0.3 is 0 Å². The maximum atomic E-state index is 13.1. The number of halogens is 3. The zero-order valence-corrected chi connectivity index (χ0v) is 17.8. The van der Waals surface area contributed by atoms with Crippen molar-refractivity contribution >= 4 is 56.6 Å². The van der Waals surface area contributed by atoms with Crippen molar-refractivity contribution < 1.29 is 9.59 Å². The number of benzene rings is 1. The first-order valence-corrected chi connectivity index (χ1v) is 9.73. The predicted molar refractivity (Wildman–Crippen MR) is 115 cm³/mol. The highest BCUT2D eigenvalue weighted by atomic mass is 79.9. The van der Waals surface area contributed by atoms with Crippen LogP contribution in [0.3, 0.4) is 0 Å². The van der Waals surface area contributed by atoms with Gasteiger partial charge in [-0.1, -0.05) is 23.2 Å². The Morgan fingerprint density at radius 2 is 1.97 bits per heavy atom. The second-order valence-corrected chi connectivity index (χ2v) is 7.62. The Morgan fingerprint density at radius 3 is 2.62 bits per heavy atom. The molecular weight excluding hydrogens is 483 g/mol. The average Bonchev–Trinajstić information content (AvgIpc) is 3.10. The van der Waals surface area contributed by atoms with E-state index in [4.69, 9.17) is 34.8 Å². The molecule has 0 radical (unpaired) electrons. The van der Waals surface area contributed by atoms with Gasteiger partial charge in [-0.05, 0) is 45.8 Å². The Balaban J connectivity index is 2.07. The van der Waals surface area contributed by atoms with E-state index in [1.54, 1.807) is 35.2 Å². The third-order valence-corrected chi connectivity index (χ3v) is 4.99. The van der Waals surface area contributed by atoms with Gasteiger partial charge in [-0.3, -0.25) is 20.0 Å². The maximum absolute atomic E-state index is 13.1. The van der Waals surface area contributed by atoms with Crippen LogP contribution in [0.5, 0.6) is 0 Å². The highest BCUT2D eigenvalue weighted by Crippen LogP contribution is 2.29. The number of nitrogens with two attached hydrogens (primary N) is 2. The molecule has 0 spiro atoms. The van der Waals surface area contributed by atoms with Crippen LogP contribution in [-0.2, 0) is 6.54 Å². The third-order valence-electron chi connectivity index (χ3n) is 4.05. The molecule has 0 aliphatic heterocycles. The molecule has 3 aromatic rings. The lowest BCUT2D eigenvalue weighted by Crippen LogP contribution is -2.31. The van der Waals surface area contributed by atoms with E-state index >= 15 is 0 Å². The summed E-state index contributed by atoms with van der Waals surface area (Å²) in [5.74, 6) is 4.15. The van der Waals surface area contributed by atoms with E-state index in [1.165, 1.54) is 12.3 Å². The molecule has 0 aliphatic rings. The first-order chi connectivity index (χ1) is 13.8. The molecule has 29 heavy (non-hydrogen) atoms. The van der Waals surface area contributed by atoms with Crippen molar-refractivity contribution in [3.05, 3.63) is 74.2 Å². The van der Waals surface area contributed by atoms with Crippen molar-refractivity contribution in [3.8, 4) is 5.69 Å². The van der Waals surface area contributed by atoms with Gasteiger partial charge in [-0.15, -0.1) is 0 Å². The number of hydrogen-bond donors (Lipinski definition) is 4. The van der Waals surface area contributed by atoms with Gasteiger partial charge < -0.3 is 15.6 Å². The molecule has 2 aromatic heterocycles. The lowest BCUT2D eigenvalue weighted by molar-refractivity contribution is 0.0954. The van der Waals surface area contributed by atoms with Crippen molar-refractivity contribution in [2.75, 3.05) is 5.32 Å². The normalized spacial score (nSPS) is 10.7. The quantitative estimate of drug-likeness (QED) is 0.244. The number of carbonyl (C=O) groups is 2. The SMILES string of the molecule is NCc1cc(Cl)cc(C(=O)NN)c1NC(=O)c1cc(Br)cn1-c1ccncc1Cl. The summed E-state index contributed by atoms with van der Waals surface area (Å²) in [6.07, 6.45) is 4.73. The maximum Gasteiger partial charge on any atom is 0.272 e. The van der Waals surface area contributed by atoms with Crippen molar-refractivity contribution in [2.45, 2.75) is 6.54 Å². The Bertz CT molecular complexity index is 1100. The molecule has 8 nitrogen and oxygen atoms in total. The second kappa shape index (κ2) is 8.93. The highest BCUT2D eigenvalue weighted by Gasteiger charge is 2.21. The van der Waals surface area contributed by atoms with Crippen molar-refractivity contribution in [2.24, 2.45) is 11.6 Å². The number of nitrogens with zero attached hydrogens (tertiary/aromatic N) is 2. The molecule has 0 unspecified atom stereocenters. The molecule has 3 rings (SSSR count). The molecule has 0 saturated heterocycles. The summed E-state index contributed by atoms with van der Waals surface area (Å²) < 4.78 is 2.26. The molecule has 2 heterocycles. The summed E-state index contributed by atoms with van der Waals surface area (Å²) in [5, 5.41) is 3.39. The fourth-order valence-corrected chi connectivity index (χ4v) is 3.65. The first-order valence-electron chi connectivity index (χ1n) is 8.18. The van der Waals surface area contributed by atoms with E-state index in [1.807, 2.05) is 5.43 Å². The molecule has 1 aromatic carbocycles. The third kappa shape index (κ3) is 4.44. The molecule has 0 saturated carbocycles. The van der Waals surface area contributed by atoms with Crippen LogP contribution in [0.15, 0.2) is 47.3 Å². The van der Waals surface area contributed by atoms with E-state index in [0.29, 0.717) is 20.7 Å². The summed E-state index contributed by atoms with van der Waals surface area (Å²) in [6.45, 7) is 0.0436. The number of hydrazine groups is 1. The zero-order valence-electron chi connectivity index (χ0n) is 14.7. The number of pyridine rings is 1. The monoisotopic (exact) mass is 496 g/mol. The first kappa shape index (κ1) is 21.3. The molecule has 0 fully saturated rings. The molecule has 0 atom stereocenters. The molecule has 6 N–H and O–H groups in total. The largest absolute Gasteiger partial charge is 0.326 e. The van der Waals surface area contributed by atoms with E-state index < -0.39 is 11.8 Å². The average molecular weight is 498 g/mol. The fraction of sp³-hybridized carbons (Fsp3) is 0.0556. The van der Waals surface area contributed by atoms with Gasteiger partial charge in [-0.25, -0.2) is 5.84 Å². The summed E-state index contributed by atoms with van der Waals surface area (Å²) in [7, 11) is 0. The molecular formula is C18H15BrCl2N6O2. The fourth-order valence-electron chi connectivity index (χ4n) is 2.77.